The van der Waals surface area contributed by atoms with Crippen molar-refractivity contribution in [3.8, 4) is 11.4 Å². The van der Waals surface area contributed by atoms with Crippen molar-refractivity contribution in [2.45, 2.75) is 24.4 Å². The van der Waals surface area contributed by atoms with E-state index in [1.54, 1.807) is 59.2 Å². The lowest BCUT2D eigenvalue weighted by molar-refractivity contribution is 0.251. The Hall–Kier alpha value is -3.27. The molecule has 0 aliphatic carbocycles. The summed E-state index contributed by atoms with van der Waals surface area (Å²) in [5, 5.41) is 15.6. The Morgan fingerprint density at radius 3 is 2.53 bits per heavy atom. The van der Waals surface area contributed by atoms with Crippen LogP contribution in [0.2, 0.25) is 10.0 Å². The number of nitrogens with one attached hydrogen (secondary N) is 2. The van der Waals surface area contributed by atoms with Crippen molar-refractivity contribution >= 4 is 46.7 Å². The van der Waals surface area contributed by atoms with Crippen LogP contribution >= 0.6 is 35.0 Å². The number of urea groups is 1. The lowest BCUT2D eigenvalue weighted by Gasteiger charge is -2.13. The van der Waals surface area contributed by atoms with Crippen molar-refractivity contribution in [1.29, 1.82) is 0 Å². The molecule has 7 nitrogen and oxygen atoms in total. The third-order valence-electron chi connectivity index (χ3n) is 4.96. The van der Waals surface area contributed by atoms with Gasteiger partial charge in [0.25, 0.3) is 0 Å². The van der Waals surface area contributed by atoms with Crippen LogP contribution in [0, 0.1) is 5.82 Å². The molecule has 0 saturated heterocycles. The fourth-order valence-electron chi connectivity index (χ4n) is 3.27. The number of ether oxygens (including phenoxy) is 1. The van der Waals surface area contributed by atoms with Gasteiger partial charge in [-0.15, -0.1) is 10.2 Å². The molecule has 2 amide bonds. The maximum atomic E-state index is 13.3. The smallest absolute Gasteiger partial charge is 0.319 e. The second-order valence-corrected chi connectivity index (χ2v) is 9.30. The van der Waals surface area contributed by atoms with E-state index in [1.807, 2.05) is 6.92 Å². The van der Waals surface area contributed by atoms with E-state index in [4.69, 9.17) is 27.9 Å². The predicted molar refractivity (Wildman–Crippen MR) is 141 cm³/mol. The van der Waals surface area contributed by atoms with Gasteiger partial charge in [0.15, 0.2) is 11.0 Å². The number of amides is 2. The van der Waals surface area contributed by atoms with Gasteiger partial charge in [-0.3, -0.25) is 4.57 Å². The lowest BCUT2D eigenvalue weighted by Crippen LogP contribution is -2.29. The number of rotatable bonds is 9. The van der Waals surface area contributed by atoms with Crippen LogP contribution in [0.25, 0.3) is 5.69 Å². The molecule has 0 saturated carbocycles. The fraction of sp³-hybridized carbons (Fsp3) is 0.160. The fourth-order valence-corrected chi connectivity index (χ4v) is 4.56. The Labute approximate surface area is 222 Å². The van der Waals surface area contributed by atoms with E-state index in [0.717, 1.165) is 11.3 Å². The summed E-state index contributed by atoms with van der Waals surface area (Å²) in [6, 6.07) is 18.0. The summed E-state index contributed by atoms with van der Waals surface area (Å²) in [5.41, 5.74) is 2.12. The van der Waals surface area contributed by atoms with Crippen LogP contribution in [0.5, 0.6) is 5.75 Å². The average Bonchev–Trinajstić information content (AvgIpc) is 3.28. The number of aromatic nitrogens is 3. The van der Waals surface area contributed by atoms with Crippen molar-refractivity contribution in [2.75, 3.05) is 11.9 Å². The first-order valence-corrected chi connectivity index (χ1v) is 12.7. The molecule has 0 radical (unpaired) electrons. The molecule has 11 heteroatoms. The van der Waals surface area contributed by atoms with E-state index in [1.165, 1.54) is 23.9 Å². The molecule has 4 aromatic rings. The molecule has 1 heterocycles. The van der Waals surface area contributed by atoms with Crippen molar-refractivity contribution in [3.63, 3.8) is 0 Å². The number of benzene rings is 3. The Kier molecular flexibility index (Phi) is 8.69. The number of halogens is 3. The van der Waals surface area contributed by atoms with Crippen LogP contribution in [0.3, 0.4) is 0 Å². The zero-order valence-corrected chi connectivity index (χ0v) is 21.5. The van der Waals surface area contributed by atoms with Gasteiger partial charge in [-0.2, -0.15) is 0 Å². The van der Waals surface area contributed by atoms with Crippen LogP contribution in [0.4, 0.5) is 14.9 Å². The second kappa shape index (κ2) is 12.1. The van der Waals surface area contributed by atoms with E-state index in [0.29, 0.717) is 44.8 Å². The monoisotopic (exact) mass is 545 g/mol. The molecule has 4 rings (SSSR count). The number of carbonyl (C=O) groups is 1. The van der Waals surface area contributed by atoms with Crippen LogP contribution in [0.15, 0.2) is 71.9 Å². The maximum absolute atomic E-state index is 13.3. The summed E-state index contributed by atoms with van der Waals surface area (Å²) < 4.78 is 20.4. The highest BCUT2D eigenvalue weighted by atomic mass is 35.5. The quantitative estimate of drug-likeness (QED) is 0.228. The topological polar surface area (TPSA) is 81.1 Å². The van der Waals surface area contributed by atoms with Crippen LogP contribution in [-0.4, -0.2) is 27.4 Å². The highest BCUT2D eigenvalue weighted by Crippen LogP contribution is 2.31. The van der Waals surface area contributed by atoms with Gasteiger partial charge in [0.1, 0.15) is 11.6 Å². The SMILES string of the molecule is CCOc1ccc(NC(=O)NCc2nnc(SCc3ccc(F)cc3)n2-c2cc(Cl)ccc2Cl)cc1. The molecule has 0 fully saturated rings. The van der Waals surface area contributed by atoms with Crippen LogP contribution in [0.1, 0.15) is 18.3 Å². The predicted octanol–water partition coefficient (Wildman–Crippen LogP) is 6.73. The van der Waals surface area contributed by atoms with Gasteiger partial charge in [0, 0.05) is 16.5 Å². The van der Waals surface area contributed by atoms with Crippen molar-refractivity contribution in [2.24, 2.45) is 0 Å². The number of nitrogens with zero attached hydrogens (tertiary/aromatic N) is 3. The summed E-state index contributed by atoms with van der Waals surface area (Å²) >= 11 is 14.1. The van der Waals surface area contributed by atoms with Gasteiger partial charge in [0.2, 0.25) is 0 Å². The van der Waals surface area contributed by atoms with Gasteiger partial charge in [-0.05, 0) is 67.1 Å². The minimum absolute atomic E-state index is 0.0792. The highest BCUT2D eigenvalue weighted by molar-refractivity contribution is 7.98. The minimum Gasteiger partial charge on any atom is -0.494 e. The van der Waals surface area contributed by atoms with Gasteiger partial charge in [-0.1, -0.05) is 47.1 Å². The van der Waals surface area contributed by atoms with E-state index in [-0.39, 0.29) is 12.4 Å². The normalized spacial score (nSPS) is 10.8. The molecule has 0 bridgehead atoms. The summed E-state index contributed by atoms with van der Waals surface area (Å²) in [4.78, 5) is 12.5. The van der Waals surface area contributed by atoms with E-state index >= 15 is 0 Å². The third-order valence-corrected chi connectivity index (χ3v) is 6.52. The molecule has 186 valence electrons. The number of carbonyl (C=O) groups excluding carboxylic acids is 1. The van der Waals surface area contributed by atoms with Gasteiger partial charge >= 0.3 is 6.03 Å². The molecule has 0 unspecified atom stereocenters. The zero-order valence-electron chi connectivity index (χ0n) is 19.2. The molecule has 0 atom stereocenters. The number of thioether (sulfide) groups is 1. The molecule has 0 aliphatic heterocycles. The van der Waals surface area contributed by atoms with Gasteiger partial charge in [0.05, 0.1) is 23.9 Å². The molecular formula is C25H22Cl2FN5O2S. The Bertz CT molecular complexity index is 1330. The van der Waals surface area contributed by atoms with Gasteiger partial charge < -0.3 is 15.4 Å². The van der Waals surface area contributed by atoms with Gasteiger partial charge in [-0.25, -0.2) is 9.18 Å². The molecular weight excluding hydrogens is 524 g/mol. The van der Waals surface area contributed by atoms with Crippen molar-refractivity contribution in [1.82, 2.24) is 20.1 Å². The summed E-state index contributed by atoms with van der Waals surface area (Å²) in [7, 11) is 0. The first kappa shape index (κ1) is 25.8. The third kappa shape index (κ3) is 6.69. The van der Waals surface area contributed by atoms with E-state index in [2.05, 4.69) is 20.8 Å². The first-order valence-electron chi connectivity index (χ1n) is 11.0. The summed E-state index contributed by atoms with van der Waals surface area (Å²) in [6.45, 7) is 2.55. The Morgan fingerprint density at radius 2 is 1.81 bits per heavy atom. The number of anilines is 1. The molecule has 3 aromatic carbocycles. The molecule has 0 aliphatic rings. The van der Waals surface area contributed by atoms with E-state index < -0.39 is 6.03 Å². The maximum Gasteiger partial charge on any atom is 0.319 e. The Balaban J connectivity index is 1.51. The number of hydrogen-bond acceptors (Lipinski definition) is 5. The molecule has 1 aromatic heterocycles. The highest BCUT2D eigenvalue weighted by Gasteiger charge is 2.18. The molecule has 2 N–H and O–H groups in total. The average molecular weight is 546 g/mol. The lowest BCUT2D eigenvalue weighted by atomic mass is 10.2. The molecule has 0 spiro atoms. The second-order valence-electron chi connectivity index (χ2n) is 7.51. The first-order chi connectivity index (χ1) is 17.4. The minimum atomic E-state index is -0.411. The number of hydrogen-bond donors (Lipinski definition) is 2. The van der Waals surface area contributed by atoms with Crippen molar-refractivity contribution in [3.05, 3.63) is 94.0 Å². The largest absolute Gasteiger partial charge is 0.494 e. The zero-order chi connectivity index (χ0) is 25.5. The molecule has 36 heavy (non-hydrogen) atoms. The summed E-state index contributed by atoms with van der Waals surface area (Å²) in [5.74, 6) is 1.42. The summed E-state index contributed by atoms with van der Waals surface area (Å²) in [6.07, 6.45) is 0. The van der Waals surface area contributed by atoms with Crippen LogP contribution < -0.4 is 15.4 Å². The standard InChI is InChI=1S/C25H22Cl2FN5O2S/c1-2-35-20-10-8-19(9-11-20)30-24(34)29-14-23-31-32-25(36-15-16-3-6-18(28)7-4-16)33(23)22-13-17(26)5-12-21(22)27/h3-13H,2,14-15H2,1H3,(H2,29,30,34). The van der Waals surface area contributed by atoms with Crippen LogP contribution in [-0.2, 0) is 12.3 Å². The van der Waals surface area contributed by atoms with E-state index in [9.17, 15) is 9.18 Å². The van der Waals surface area contributed by atoms with Crippen molar-refractivity contribution < 1.29 is 13.9 Å². The Morgan fingerprint density at radius 1 is 1.06 bits per heavy atom.